The summed E-state index contributed by atoms with van der Waals surface area (Å²) in [6.07, 6.45) is 2.52. The van der Waals surface area contributed by atoms with Crippen molar-refractivity contribution in [2.75, 3.05) is 25.6 Å². The Labute approximate surface area is 148 Å². The van der Waals surface area contributed by atoms with Crippen LogP contribution in [-0.2, 0) is 16.3 Å². The van der Waals surface area contributed by atoms with Gasteiger partial charge in [0, 0.05) is 35.9 Å². The van der Waals surface area contributed by atoms with Crippen LogP contribution in [-0.4, -0.2) is 46.0 Å². The minimum Gasteiger partial charge on any atom is -0.356 e. The summed E-state index contributed by atoms with van der Waals surface area (Å²) in [4.78, 5) is 4.13. The summed E-state index contributed by atoms with van der Waals surface area (Å²) in [5, 5.41) is 7.59. The molecule has 0 aliphatic heterocycles. The highest BCUT2D eigenvalue weighted by Gasteiger charge is 2.09. The van der Waals surface area contributed by atoms with Gasteiger partial charge in [-0.15, -0.1) is 0 Å². The van der Waals surface area contributed by atoms with Crippen LogP contribution in [0.15, 0.2) is 23.2 Å². The van der Waals surface area contributed by atoms with E-state index in [9.17, 15) is 8.42 Å². The van der Waals surface area contributed by atoms with E-state index in [1.54, 1.807) is 13.1 Å². The molecule has 0 saturated heterocycles. The highest BCUT2D eigenvalue weighted by atomic mass is 35.5. The average molecular weight is 380 g/mol. The maximum atomic E-state index is 11.2. The first-order valence-electron chi connectivity index (χ1n) is 7.29. The van der Waals surface area contributed by atoms with Gasteiger partial charge in [-0.1, -0.05) is 23.2 Å². The third-order valence-electron chi connectivity index (χ3n) is 3.16. The second-order valence-corrected chi connectivity index (χ2v) is 8.62. The number of hydrogen-bond acceptors (Lipinski definition) is 3. The van der Waals surface area contributed by atoms with E-state index in [2.05, 4.69) is 15.6 Å². The Morgan fingerprint density at radius 1 is 1.26 bits per heavy atom. The minimum atomic E-state index is -2.95. The molecule has 1 aromatic rings. The lowest BCUT2D eigenvalue weighted by molar-refractivity contribution is 0.581. The molecule has 0 fully saturated rings. The summed E-state index contributed by atoms with van der Waals surface area (Å²) < 4.78 is 22.4. The smallest absolute Gasteiger partial charge is 0.191 e. The minimum absolute atomic E-state index is 0.0107. The van der Waals surface area contributed by atoms with Crippen LogP contribution >= 0.6 is 23.2 Å². The third kappa shape index (κ3) is 9.03. The van der Waals surface area contributed by atoms with E-state index in [1.165, 1.54) is 6.26 Å². The largest absolute Gasteiger partial charge is 0.356 e. The molecule has 0 aromatic heterocycles. The summed E-state index contributed by atoms with van der Waals surface area (Å²) in [6.45, 7) is 2.59. The van der Waals surface area contributed by atoms with Crippen LogP contribution in [0.3, 0.4) is 0 Å². The fourth-order valence-corrected chi connectivity index (χ4v) is 3.32. The van der Waals surface area contributed by atoms with Crippen LogP contribution < -0.4 is 10.6 Å². The first-order valence-corrected chi connectivity index (χ1v) is 10.1. The van der Waals surface area contributed by atoms with Crippen LogP contribution in [0.5, 0.6) is 0 Å². The van der Waals surface area contributed by atoms with Gasteiger partial charge in [0.05, 0.1) is 5.75 Å². The van der Waals surface area contributed by atoms with Crippen LogP contribution in [0.4, 0.5) is 0 Å². The molecule has 0 radical (unpaired) electrons. The predicted octanol–water partition coefficient (Wildman–Crippen LogP) is 2.52. The lowest BCUT2D eigenvalue weighted by atomic mass is 10.1. The quantitative estimate of drug-likeness (QED) is 0.563. The van der Waals surface area contributed by atoms with Gasteiger partial charge >= 0.3 is 0 Å². The van der Waals surface area contributed by atoms with E-state index >= 15 is 0 Å². The molecule has 1 atom stereocenters. The summed E-state index contributed by atoms with van der Waals surface area (Å²) in [5.41, 5.74) is 1.04. The number of nitrogens with zero attached hydrogens (tertiary/aromatic N) is 1. The number of sulfone groups is 1. The molecule has 1 rings (SSSR count). The van der Waals surface area contributed by atoms with Crippen molar-refractivity contribution in [3.05, 3.63) is 33.8 Å². The monoisotopic (exact) mass is 379 g/mol. The van der Waals surface area contributed by atoms with Crippen molar-refractivity contribution in [1.82, 2.24) is 10.6 Å². The zero-order chi connectivity index (χ0) is 17.5. The van der Waals surface area contributed by atoms with Crippen molar-refractivity contribution in [3.8, 4) is 0 Å². The predicted molar refractivity (Wildman–Crippen MR) is 98.5 cm³/mol. The number of benzene rings is 1. The lowest BCUT2D eigenvalue weighted by Gasteiger charge is -2.17. The Kier molecular flexibility index (Phi) is 8.16. The lowest BCUT2D eigenvalue weighted by Crippen LogP contribution is -2.43. The van der Waals surface area contributed by atoms with Gasteiger partial charge in [-0.25, -0.2) is 8.42 Å². The summed E-state index contributed by atoms with van der Waals surface area (Å²) in [7, 11) is -1.27. The zero-order valence-electron chi connectivity index (χ0n) is 13.6. The molecule has 2 N–H and O–H groups in total. The van der Waals surface area contributed by atoms with Gasteiger partial charge < -0.3 is 10.6 Å². The molecule has 0 saturated carbocycles. The Balaban J connectivity index is 2.42. The van der Waals surface area contributed by atoms with Gasteiger partial charge in [0.25, 0.3) is 0 Å². The van der Waals surface area contributed by atoms with Crippen molar-refractivity contribution >= 4 is 39.0 Å². The molecule has 0 aliphatic rings. The van der Waals surface area contributed by atoms with Crippen molar-refractivity contribution in [3.63, 3.8) is 0 Å². The van der Waals surface area contributed by atoms with Crippen molar-refractivity contribution < 1.29 is 8.42 Å². The van der Waals surface area contributed by atoms with E-state index in [0.717, 1.165) is 12.0 Å². The topological polar surface area (TPSA) is 70.6 Å². The molecule has 0 heterocycles. The summed E-state index contributed by atoms with van der Waals surface area (Å²) >= 11 is 11.9. The highest BCUT2D eigenvalue weighted by molar-refractivity contribution is 7.90. The second kappa shape index (κ2) is 9.35. The third-order valence-corrected chi connectivity index (χ3v) is 4.57. The number of nitrogens with one attached hydrogen (secondary N) is 2. The fraction of sp³-hybridized carbons (Fsp3) is 0.533. The number of rotatable bonds is 7. The number of aliphatic imine (C=N–C) groups is 1. The van der Waals surface area contributed by atoms with E-state index in [1.807, 2.05) is 19.1 Å². The number of guanidine groups is 1. The van der Waals surface area contributed by atoms with Gasteiger partial charge in [-0.2, -0.15) is 0 Å². The van der Waals surface area contributed by atoms with Gasteiger partial charge in [-0.05, 0) is 43.5 Å². The Morgan fingerprint density at radius 3 is 2.39 bits per heavy atom. The SMILES string of the molecule is CN=C(NCCc1cc(Cl)cc(Cl)c1)NC(C)CCS(C)(=O)=O. The van der Waals surface area contributed by atoms with Crippen LogP contribution in [0.1, 0.15) is 18.9 Å². The van der Waals surface area contributed by atoms with Gasteiger partial charge in [0.2, 0.25) is 0 Å². The molecular formula is C15H23Cl2N3O2S. The molecule has 1 aromatic carbocycles. The Morgan fingerprint density at radius 2 is 1.87 bits per heavy atom. The maximum Gasteiger partial charge on any atom is 0.191 e. The van der Waals surface area contributed by atoms with Gasteiger partial charge in [0.1, 0.15) is 9.84 Å². The molecule has 1 unspecified atom stereocenters. The molecule has 5 nitrogen and oxygen atoms in total. The molecule has 8 heteroatoms. The maximum absolute atomic E-state index is 11.2. The molecule has 130 valence electrons. The van der Waals surface area contributed by atoms with Crippen molar-refractivity contribution in [2.24, 2.45) is 4.99 Å². The molecular weight excluding hydrogens is 357 g/mol. The Hall–Kier alpha value is -0.980. The van der Waals surface area contributed by atoms with Crippen molar-refractivity contribution in [2.45, 2.75) is 25.8 Å². The Bertz CT molecular complexity index is 628. The molecule has 23 heavy (non-hydrogen) atoms. The zero-order valence-corrected chi connectivity index (χ0v) is 15.9. The summed E-state index contributed by atoms with van der Waals surface area (Å²) in [6, 6.07) is 5.46. The molecule has 0 aliphatic carbocycles. The van der Waals surface area contributed by atoms with E-state index in [0.29, 0.717) is 29.0 Å². The van der Waals surface area contributed by atoms with E-state index in [-0.39, 0.29) is 11.8 Å². The van der Waals surface area contributed by atoms with Gasteiger partial charge in [0.15, 0.2) is 5.96 Å². The standard InChI is InChI=1S/C15H23Cl2N3O2S/c1-11(5-7-23(3,21)22)20-15(18-2)19-6-4-12-8-13(16)10-14(17)9-12/h8-11H,4-7H2,1-3H3,(H2,18,19,20). The fourth-order valence-electron chi connectivity index (χ4n) is 1.97. The first-order chi connectivity index (χ1) is 10.7. The molecule has 0 bridgehead atoms. The number of halogens is 2. The second-order valence-electron chi connectivity index (χ2n) is 5.49. The highest BCUT2D eigenvalue weighted by Crippen LogP contribution is 2.19. The average Bonchev–Trinajstić information content (AvgIpc) is 2.42. The van der Waals surface area contributed by atoms with E-state index < -0.39 is 9.84 Å². The summed E-state index contributed by atoms with van der Waals surface area (Å²) in [5.74, 6) is 0.790. The van der Waals surface area contributed by atoms with Gasteiger partial charge in [-0.3, -0.25) is 4.99 Å². The van der Waals surface area contributed by atoms with E-state index in [4.69, 9.17) is 23.2 Å². The van der Waals surface area contributed by atoms with Crippen molar-refractivity contribution in [1.29, 1.82) is 0 Å². The van der Waals surface area contributed by atoms with Crippen LogP contribution in [0.25, 0.3) is 0 Å². The molecule has 0 amide bonds. The van der Waals surface area contributed by atoms with Crippen LogP contribution in [0, 0.1) is 0 Å². The number of hydrogen-bond donors (Lipinski definition) is 2. The normalized spacial score (nSPS) is 13.7. The van der Waals surface area contributed by atoms with Crippen LogP contribution in [0.2, 0.25) is 10.0 Å². The molecule has 0 spiro atoms. The first kappa shape index (κ1) is 20.1.